The second kappa shape index (κ2) is 8.11. The number of aromatic nitrogens is 3. The third kappa shape index (κ3) is 3.98. The molecule has 2 aliphatic heterocycles. The van der Waals surface area contributed by atoms with Gasteiger partial charge < -0.3 is 20.1 Å². The Morgan fingerprint density at radius 1 is 1.30 bits per heavy atom. The topological polar surface area (TPSA) is 89.8 Å². The van der Waals surface area contributed by atoms with Crippen LogP contribution in [0.3, 0.4) is 0 Å². The number of carbonyl (C=O) groups is 1. The predicted molar refractivity (Wildman–Crippen MR) is 124 cm³/mol. The summed E-state index contributed by atoms with van der Waals surface area (Å²) in [7, 11) is 0. The molecule has 33 heavy (non-hydrogen) atoms. The van der Waals surface area contributed by atoms with Crippen molar-refractivity contribution in [3.05, 3.63) is 42.4 Å². The number of ether oxygens (including phenoxy) is 2. The monoisotopic (exact) mass is 447 g/mol. The first-order chi connectivity index (χ1) is 16.1. The number of hydrogen-bond donors (Lipinski definition) is 2. The van der Waals surface area contributed by atoms with E-state index >= 15 is 0 Å². The van der Waals surface area contributed by atoms with Gasteiger partial charge in [0.15, 0.2) is 5.82 Å². The van der Waals surface area contributed by atoms with Crippen molar-refractivity contribution in [2.45, 2.75) is 38.6 Å². The van der Waals surface area contributed by atoms with Crippen molar-refractivity contribution in [1.82, 2.24) is 19.9 Å². The number of rotatable bonds is 6. The lowest BCUT2D eigenvalue weighted by Crippen LogP contribution is -2.66. The molecule has 5 heterocycles. The van der Waals surface area contributed by atoms with Gasteiger partial charge in [-0.2, -0.15) is 5.10 Å². The van der Waals surface area contributed by atoms with Gasteiger partial charge in [0.05, 0.1) is 11.7 Å². The van der Waals surface area contributed by atoms with Gasteiger partial charge in [-0.1, -0.05) is 0 Å². The molecule has 6 rings (SSSR count). The number of aryl methyl sites for hydroxylation is 1. The normalized spacial score (nSPS) is 21.7. The second-order valence-corrected chi connectivity index (χ2v) is 9.62. The van der Waals surface area contributed by atoms with E-state index in [4.69, 9.17) is 9.47 Å². The highest BCUT2D eigenvalue weighted by Gasteiger charge is 2.47. The molecule has 3 fully saturated rings. The molecule has 8 nitrogen and oxygen atoms in total. The molecule has 3 aliphatic rings. The summed E-state index contributed by atoms with van der Waals surface area (Å²) in [5.74, 6) is 1.58. The Kier molecular flexibility index (Phi) is 5.07. The van der Waals surface area contributed by atoms with Gasteiger partial charge >= 0.3 is 0 Å². The van der Waals surface area contributed by atoms with E-state index in [1.807, 2.05) is 31.5 Å². The van der Waals surface area contributed by atoms with Crippen LogP contribution in [0.1, 0.15) is 31.4 Å². The van der Waals surface area contributed by atoms with Crippen LogP contribution in [0.5, 0.6) is 5.75 Å². The highest BCUT2D eigenvalue weighted by molar-refractivity contribution is 5.93. The maximum Gasteiger partial charge on any atom is 0.228 e. The number of pyridine rings is 2. The highest BCUT2D eigenvalue weighted by Crippen LogP contribution is 2.40. The molecule has 1 atom stereocenters. The maximum atomic E-state index is 12.1. The molecule has 3 aromatic heterocycles. The summed E-state index contributed by atoms with van der Waals surface area (Å²) < 4.78 is 13.7. The van der Waals surface area contributed by atoms with Crippen molar-refractivity contribution in [2.24, 2.45) is 11.3 Å². The molecule has 172 valence electrons. The number of amides is 1. The molecule has 1 aliphatic carbocycles. The van der Waals surface area contributed by atoms with Gasteiger partial charge in [0.25, 0.3) is 0 Å². The van der Waals surface area contributed by atoms with Crippen LogP contribution in [0.2, 0.25) is 0 Å². The molecule has 0 bridgehead atoms. The van der Waals surface area contributed by atoms with Crippen LogP contribution in [-0.2, 0) is 9.53 Å². The van der Waals surface area contributed by atoms with Crippen LogP contribution < -0.4 is 15.4 Å². The van der Waals surface area contributed by atoms with Crippen LogP contribution in [0.4, 0.5) is 5.82 Å². The Bertz CT molecular complexity index is 1200. The van der Waals surface area contributed by atoms with Crippen molar-refractivity contribution in [1.29, 1.82) is 0 Å². The molecular formula is C25H29N5O3. The third-order valence-corrected chi connectivity index (χ3v) is 7.31. The molecule has 0 aromatic carbocycles. The first-order valence-electron chi connectivity index (χ1n) is 11.8. The van der Waals surface area contributed by atoms with Gasteiger partial charge in [0, 0.05) is 60.7 Å². The minimum Gasteiger partial charge on any atom is -0.490 e. The van der Waals surface area contributed by atoms with Crippen molar-refractivity contribution in [3.8, 4) is 16.9 Å². The third-order valence-electron chi connectivity index (χ3n) is 7.31. The predicted octanol–water partition coefficient (Wildman–Crippen LogP) is 3.20. The molecule has 1 spiro atoms. The van der Waals surface area contributed by atoms with Gasteiger partial charge in [-0.3, -0.25) is 9.78 Å². The van der Waals surface area contributed by atoms with Crippen molar-refractivity contribution < 1.29 is 14.3 Å². The van der Waals surface area contributed by atoms with E-state index in [1.54, 1.807) is 4.52 Å². The minimum atomic E-state index is 0.0611. The number of carbonyl (C=O) groups excluding carboxylic acids is 1. The lowest BCUT2D eigenvalue weighted by molar-refractivity contribution is -0.117. The molecule has 0 radical (unpaired) electrons. The summed E-state index contributed by atoms with van der Waals surface area (Å²) in [5, 5.41) is 11.0. The Morgan fingerprint density at radius 2 is 2.15 bits per heavy atom. The fraction of sp³-hybridized carbons (Fsp3) is 0.480. The summed E-state index contributed by atoms with van der Waals surface area (Å²) in [6.45, 7) is 5.32. The number of fused-ring (bicyclic) bond motifs is 1. The van der Waals surface area contributed by atoms with Crippen LogP contribution >= 0.6 is 0 Å². The van der Waals surface area contributed by atoms with Crippen LogP contribution in [-0.4, -0.2) is 52.9 Å². The molecule has 8 heteroatoms. The van der Waals surface area contributed by atoms with Crippen molar-refractivity contribution >= 4 is 17.2 Å². The zero-order valence-corrected chi connectivity index (χ0v) is 18.8. The van der Waals surface area contributed by atoms with Crippen LogP contribution in [0.15, 0.2) is 36.7 Å². The van der Waals surface area contributed by atoms with Gasteiger partial charge in [0.1, 0.15) is 12.4 Å². The minimum absolute atomic E-state index is 0.0611. The van der Waals surface area contributed by atoms with E-state index in [0.717, 1.165) is 73.5 Å². The maximum absolute atomic E-state index is 12.1. The molecular weight excluding hydrogens is 418 g/mol. The standard InChI is InChI=1S/C25H29N5O3/c1-16-10-20(21(13-26-16)33-14-22-25(15-27-22)5-8-32-9-6-25)18-4-7-30-19(11-18)12-23(29-30)28-24(31)17-2-3-17/h4,7,10-13,17,22,27H,2-3,5-6,8-9,14-15H2,1H3,(H,28,29,31). The fourth-order valence-corrected chi connectivity index (χ4v) is 4.93. The molecule has 1 saturated carbocycles. The van der Waals surface area contributed by atoms with Gasteiger partial charge in [-0.15, -0.1) is 0 Å². The van der Waals surface area contributed by atoms with E-state index in [0.29, 0.717) is 23.9 Å². The smallest absolute Gasteiger partial charge is 0.228 e. The first-order valence-corrected chi connectivity index (χ1v) is 11.8. The van der Waals surface area contributed by atoms with Crippen LogP contribution in [0, 0.1) is 18.3 Å². The van der Waals surface area contributed by atoms with Gasteiger partial charge in [0.2, 0.25) is 5.91 Å². The summed E-state index contributed by atoms with van der Waals surface area (Å²) in [6.07, 6.45) is 7.86. The van der Waals surface area contributed by atoms with Crippen molar-refractivity contribution in [3.63, 3.8) is 0 Å². The Morgan fingerprint density at radius 3 is 2.91 bits per heavy atom. The highest BCUT2D eigenvalue weighted by atomic mass is 16.5. The summed E-state index contributed by atoms with van der Waals surface area (Å²) >= 11 is 0. The Hall–Kier alpha value is -2.97. The number of nitrogens with zero attached hydrogens (tertiary/aromatic N) is 3. The average Bonchev–Trinajstić information content (AvgIpc) is 3.60. The lowest BCUT2D eigenvalue weighted by Gasteiger charge is -2.52. The first kappa shape index (κ1) is 20.6. The summed E-state index contributed by atoms with van der Waals surface area (Å²) in [4.78, 5) is 16.6. The lowest BCUT2D eigenvalue weighted by atomic mass is 9.68. The van der Waals surface area contributed by atoms with Gasteiger partial charge in [-0.25, -0.2) is 4.52 Å². The fourth-order valence-electron chi connectivity index (χ4n) is 4.93. The quantitative estimate of drug-likeness (QED) is 0.603. The Balaban J connectivity index is 1.23. The van der Waals surface area contributed by atoms with E-state index in [-0.39, 0.29) is 11.8 Å². The summed E-state index contributed by atoms with van der Waals surface area (Å²) in [5.41, 5.74) is 4.20. The number of anilines is 1. The molecule has 1 unspecified atom stereocenters. The SMILES string of the molecule is Cc1cc(-c2ccn3nc(NC(=O)C4CC4)cc3c2)c(OCC2NCC23CCOCC3)cn1. The van der Waals surface area contributed by atoms with Gasteiger partial charge in [-0.05, 0) is 56.4 Å². The van der Waals surface area contributed by atoms with E-state index in [9.17, 15) is 4.79 Å². The zero-order valence-electron chi connectivity index (χ0n) is 18.8. The molecule has 2 saturated heterocycles. The van der Waals surface area contributed by atoms with E-state index < -0.39 is 0 Å². The number of hydrogen-bond acceptors (Lipinski definition) is 6. The molecule has 2 N–H and O–H groups in total. The molecule has 3 aromatic rings. The van der Waals surface area contributed by atoms with E-state index in [2.05, 4.69) is 32.8 Å². The Labute approximate surface area is 192 Å². The number of nitrogens with one attached hydrogen (secondary N) is 2. The van der Waals surface area contributed by atoms with Crippen LogP contribution in [0.25, 0.3) is 16.6 Å². The summed E-state index contributed by atoms with van der Waals surface area (Å²) in [6, 6.07) is 8.40. The largest absolute Gasteiger partial charge is 0.490 e. The zero-order chi connectivity index (χ0) is 22.4. The van der Waals surface area contributed by atoms with Crippen molar-refractivity contribution in [2.75, 3.05) is 31.7 Å². The second-order valence-electron chi connectivity index (χ2n) is 9.62. The molecule has 1 amide bonds. The average molecular weight is 448 g/mol. The van der Waals surface area contributed by atoms with E-state index in [1.165, 1.54) is 0 Å².